The number of nitrogens with zero attached hydrogens (tertiary/aromatic N) is 1. The van der Waals surface area contributed by atoms with Crippen LogP contribution >= 0.6 is 23.2 Å². The van der Waals surface area contributed by atoms with Crippen LogP contribution in [0.2, 0.25) is 10.0 Å². The Bertz CT molecular complexity index is 1010. The lowest BCUT2D eigenvalue weighted by Crippen LogP contribution is -2.50. The third-order valence-corrected chi connectivity index (χ3v) is 6.45. The molecular formula is C24H28Cl2N2O5. The normalized spacial score (nSPS) is 15.7. The predicted octanol–water partition coefficient (Wildman–Crippen LogP) is 4.97. The minimum Gasteiger partial charge on any atom is -0.493 e. The zero-order chi connectivity index (χ0) is 24.0. The van der Waals surface area contributed by atoms with Crippen molar-refractivity contribution in [3.05, 3.63) is 45.9 Å². The highest BCUT2D eigenvalue weighted by Crippen LogP contribution is 2.40. The number of benzene rings is 2. The van der Waals surface area contributed by atoms with Crippen molar-refractivity contribution < 1.29 is 23.8 Å². The number of carbonyl (C=O) groups excluding carboxylic acids is 2. The fourth-order valence-electron chi connectivity index (χ4n) is 4.05. The first-order chi connectivity index (χ1) is 15.9. The number of anilines is 1. The molecule has 33 heavy (non-hydrogen) atoms. The summed E-state index contributed by atoms with van der Waals surface area (Å²) in [5.74, 6) is 1.27. The summed E-state index contributed by atoms with van der Waals surface area (Å²) in [6.45, 7) is 0.543. The van der Waals surface area contributed by atoms with Crippen LogP contribution in [0, 0.1) is 0 Å². The number of ether oxygens (including phenoxy) is 3. The van der Waals surface area contributed by atoms with Gasteiger partial charge in [-0.25, -0.2) is 0 Å². The molecule has 0 bridgehead atoms. The molecule has 9 heteroatoms. The second kappa shape index (κ2) is 11.5. The fourth-order valence-corrected chi connectivity index (χ4v) is 4.35. The number of nitrogens with one attached hydrogen (secondary N) is 1. The van der Waals surface area contributed by atoms with Crippen molar-refractivity contribution in [2.75, 3.05) is 33.2 Å². The molecule has 7 nitrogen and oxygen atoms in total. The van der Waals surface area contributed by atoms with E-state index in [2.05, 4.69) is 5.32 Å². The number of amides is 2. The second-order valence-electron chi connectivity index (χ2n) is 7.71. The van der Waals surface area contributed by atoms with Crippen molar-refractivity contribution in [3.63, 3.8) is 0 Å². The van der Waals surface area contributed by atoms with Crippen LogP contribution in [0.1, 0.15) is 31.2 Å². The number of carbonyl (C=O) groups is 2. The summed E-state index contributed by atoms with van der Waals surface area (Å²) < 4.78 is 16.3. The summed E-state index contributed by atoms with van der Waals surface area (Å²) in [6.07, 6.45) is 3.04. The van der Waals surface area contributed by atoms with Crippen molar-refractivity contribution in [1.29, 1.82) is 0 Å². The Morgan fingerprint density at radius 3 is 2.42 bits per heavy atom. The van der Waals surface area contributed by atoms with Gasteiger partial charge in [-0.3, -0.25) is 9.59 Å². The van der Waals surface area contributed by atoms with Crippen LogP contribution in [0.5, 0.6) is 17.2 Å². The van der Waals surface area contributed by atoms with Crippen LogP contribution < -0.4 is 19.5 Å². The van der Waals surface area contributed by atoms with Crippen LogP contribution in [-0.4, -0.2) is 50.6 Å². The van der Waals surface area contributed by atoms with Gasteiger partial charge in [0.2, 0.25) is 17.6 Å². The molecule has 1 fully saturated rings. The standard InChI is InChI=1S/C24H28Cl2N2O5/c1-31-20-11-7-15(22(32-2)23(20)33-3)8-12-21(29)28-13-5-4-6-19(28)24(30)27-16-9-10-17(25)18(26)14-16/h7,9-11,14,19H,4-6,8,12-13H2,1-3H3,(H,27,30). The number of hydrogen-bond acceptors (Lipinski definition) is 5. The van der Waals surface area contributed by atoms with Crippen LogP contribution in [0.25, 0.3) is 0 Å². The maximum Gasteiger partial charge on any atom is 0.247 e. The van der Waals surface area contributed by atoms with E-state index in [0.29, 0.717) is 52.4 Å². The predicted molar refractivity (Wildman–Crippen MR) is 129 cm³/mol. The third kappa shape index (κ3) is 5.84. The van der Waals surface area contributed by atoms with Crippen molar-refractivity contribution in [3.8, 4) is 17.2 Å². The Labute approximate surface area is 203 Å². The molecule has 178 valence electrons. The second-order valence-corrected chi connectivity index (χ2v) is 8.52. The number of rotatable bonds is 8. The topological polar surface area (TPSA) is 77.1 Å². The largest absolute Gasteiger partial charge is 0.493 e. The van der Waals surface area contributed by atoms with Crippen molar-refractivity contribution in [2.24, 2.45) is 0 Å². The number of likely N-dealkylation sites (tertiary alicyclic amines) is 1. The molecule has 0 aliphatic carbocycles. The maximum atomic E-state index is 13.1. The number of aryl methyl sites for hydroxylation is 1. The van der Waals surface area contributed by atoms with Crippen molar-refractivity contribution in [2.45, 2.75) is 38.1 Å². The van der Waals surface area contributed by atoms with E-state index in [1.54, 1.807) is 50.5 Å². The monoisotopic (exact) mass is 494 g/mol. The van der Waals surface area contributed by atoms with Gasteiger partial charge in [0.25, 0.3) is 0 Å². The highest BCUT2D eigenvalue weighted by Gasteiger charge is 2.32. The molecule has 1 saturated heterocycles. The summed E-state index contributed by atoms with van der Waals surface area (Å²) >= 11 is 12.0. The van der Waals surface area contributed by atoms with Gasteiger partial charge in [-0.15, -0.1) is 0 Å². The SMILES string of the molecule is COc1ccc(CCC(=O)N2CCCCC2C(=O)Nc2ccc(Cl)c(Cl)c2)c(OC)c1OC. The molecule has 3 rings (SSSR count). The molecule has 1 atom stereocenters. The number of piperidine rings is 1. The summed E-state index contributed by atoms with van der Waals surface area (Å²) in [4.78, 5) is 27.8. The Balaban J connectivity index is 1.70. The van der Waals surface area contributed by atoms with Gasteiger partial charge < -0.3 is 24.4 Å². The highest BCUT2D eigenvalue weighted by molar-refractivity contribution is 6.42. The van der Waals surface area contributed by atoms with E-state index in [9.17, 15) is 9.59 Å². The van der Waals surface area contributed by atoms with E-state index in [0.717, 1.165) is 18.4 Å². The van der Waals surface area contributed by atoms with E-state index in [4.69, 9.17) is 37.4 Å². The minimum atomic E-state index is -0.534. The van der Waals surface area contributed by atoms with Crippen LogP contribution in [0.15, 0.2) is 30.3 Å². The van der Waals surface area contributed by atoms with E-state index < -0.39 is 6.04 Å². The molecule has 2 amide bonds. The third-order valence-electron chi connectivity index (χ3n) is 5.71. The van der Waals surface area contributed by atoms with E-state index in [1.807, 2.05) is 6.07 Å². The Morgan fingerprint density at radius 1 is 1.00 bits per heavy atom. The first-order valence-electron chi connectivity index (χ1n) is 10.7. The number of hydrogen-bond donors (Lipinski definition) is 1. The fraction of sp³-hybridized carbons (Fsp3) is 0.417. The average molecular weight is 495 g/mol. The quantitative estimate of drug-likeness (QED) is 0.560. The molecule has 1 aliphatic heterocycles. The van der Waals surface area contributed by atoms with Gasteiger partial charge in [-0.1, -0.05) is 29.3 Å². The molecule has 0 radical (unpaired) electrons. The van der Waals surface area contributed by atoms with Gasteiger partial charge >= 0.3 is 0 Å². The Morgan fingerprint density at radius 2 is 1.76 bits per heavy atom. The molecule has 2 aromatic carbocycles. The summed E-state index contributed by atoms with van der Waals surface area (Å²) in [5, 5.41) is 3.63. The Kier molecular flexibility index (Phi) is 8.69. The van der Waals surface area contributed by atoms with Crippen molar-refractivity contribution >= 4 is 40.7 Å². The van der Waals surface area contributed by atoms with Gasteiger partial charge in [0, 0.05) is 18.7 Å². The molecule has 0 aromatic heterocycles. The lowest BCUT2D eigenvalue weighted by Gasteiger charge is -2.35. The lowest BCUT2D eigenvalue weighted by molar-refractivity contribution is -0.140. The summed E-state index contributed by atoms with van der Waals surface area (Å²) in [6, 6.07) is 8.02. The molecule has 1 aliphatic rings. The summed E-state index contributed by atoms with van der Waals surface area (Å²) in [5.41, 5.74) is 1.37. The summed E-state index contributed by atoms with van der Waals surface area (Å²) in [7, 11) is 4.65. The smallest absolute Gasteiger partial charge is 0.247 e. The van der Waals surface area contributed by atoms with Crippen LogP contribution in [0.4, 0.5) is 5.69 Å². The molecular weight excluding hydrogens is 467 g/mol. The first-order valence-corrected chi connectivity index (χ1v) is 11.5. The van der Waals surface area contributed by atoms with Gasteiger partial charge in [0.05, 0.1) is 31.4 Å². The number of methoxy groups -OCH3 is 3. The zero-order valence-corrected chi connectivity index (χ0v) is 20.5. The molecule has 1 unspecified atom stereocenters. The van der Waals surface area contributed by atoms with Crippen LogP contribution in [-0.2, 0) is 16.0 Å². The van der Waals surface area contributed by atoms with Gasteiger partial charge in [-0.05, 0) is 55.5 Å². The van der Waals surface area contributed by atoms with E-state index in [-0.39, 0.29) is 18.2 Å². The molecule has 0 spiro atoms. The zero-order valence-electron chi connectivity index (χ0n) is 19.0. The molecule has 2 aromatic rings. The van der Waals surface area contributed by atoms with Crippen LogP contribution in [0.3, 0.4) is 0 Å². The van der Waals surface area contributed by atoms with Crippen molar-refractivity contribution in [1.82, 2.24) is 4.90 Å². The lowest BCUT2D eigenvalue weighted by atomic mass is 9.99. The number of halogens is 2. The Hall–Kier alpha value is -2.64. The van der Waals surface area contributed by atoms with Gasteiger partial charge in [0.15, 0.2) is 11.5 Å². The molecule has 1 heterocycles. The van der Waals surface area contributed by atoms with E-state index >= 15 is 0 Å². The molecule has 0 saturated carbocycles. The van der Waals surface area contributed by atoms with Gasteiger partial charge in [-0.2, -0.15) is 0 Å². The maximum absolute atomic E-state index is 13.1. The van der Waals surface area contributed by atoms with E-state index in [1.165, 1.54) is 0 Å². The average Bonchev–Trinajstić information content (AvgIpc) is 2.83. The van der Waals surface area contributed by atoms with Gasteiger partial charge in [0.1, 0.15) is 6.04 Å². The highest BCUT2D eigenvalue weighted by atomic mass is 35.5. The minimum absolute atomic E-state index is 0.0826. The first kappa shape index (κ1) is 25.0. The molecule has 1 N–H and O–H groups in total.